The minimum Gasteiger partial charge on any atom is -0.365 e. The minimum absolute atomic E-state index is 0.293. The molecule has 5 nitrogen and oxygen atoms in total. The van der Waals surface area contributed by atoms with Gasteiger partial charge in [0.15, 0.2) is 10.8 Å². The molecule has 1 aliphatic heterocycles. The van der Waals surface area contributed by atoms with Gasteiger partial charge in [-0.05, 0) is 12.1 Å². The predicted octanol–water partition coefficient (Wildman–Crippen LogP) is 2.12. The van der Waals surface area contributed by atoms with Gasteiger partial charge in [0.25, 0.3) is 5.91 Å². The molecule has 1 aliphatic rings. The normalized spacial score (nSPS) is 20.7. The highest BCUT2D eigenvalue weighted by Gasteiger charge is 2.34. The average Bonchev–Trinajstić information content (AvgIpc) is 2.57. The third-order valence-corrected chi connectivity index (χ3v) is 4.35. The maximum absolute atomic E-state index is 12.1. The van der Waals surface area contributed by atoms with Gasteiger partial charge in [-0.2, -0.15) is 5.10 Å². The zero-order chi connectivity index (χ0) is 15.4. The Morgan fingerprint density at radius 1 is 1.14 bits per heavy atom. The Balaban J connectivity index is 1.70. The standard InChI is InChI=1S/C16H15N3O2S/c20-14(17-13-9-5-2-6-10-13)15-18-19-16(21,11-22-15)12-7-3-1-4-8-12/h1-10,19,21H,11H2,(H,17,20). The molecular weight excluding hydrogens is 298 g/mol. The van der Waals surface area contributed by atoms with E-state index in [4.69, 9.17) is 0 Å². The maximum atomic E-state index is 12.1. The topological polar surface area (TPSA) is 73.7 Å². The van der Waals surface area contributed by atoms with Gasteiger partial charge in [-0.25, -0.2) is 0 Å². The highest BCUT2D eigenvalue weighted by Crippen LogP contribution is 2.27. The lowest BCUT2D eigenvalue weighted by Crippen LogP contribution is -2.46. The van der Waals surface area contributed by atoms with E-state index in [2.05, 4.69) is 15.8 Å². The SMILES string of the molecule is O=C(Nc1ccccc1)C1=NNC(O)(c2ccccc2)CS1. The van der Waals surface area contributed by atoms with Gasteiger partial charge in [-0.3, -0.25) is 10.2 Å². The van der Waals surface area contributed by atoms with Crippen LogP contribution in [-0.2, 0) is 10.5 Å². The summed E-state index contributed by atoms with van der Waals surface area (Å²) in [7, 11) is 0. The van der Waals surface area contributed by atoms with Crippen molar-refractivity contribution in [2.45, 2.75) is 5.72 Å². The van der Waals surface area contributed by atoms with Crippen molar-refractivity contribution in [3.63, 3.8) is 0 Å². The fourth-order valence-electron chi connectivity index (χ4n) is 2.06. The van der Waals surface area contributed by atoms with Crippen LogP contribution in [0.1, 0.15) is 5.56 Å². The Hall–Kier alpha value is -2.31. The summed E-state index contributed by atoms with van der Waals surface area (Å²) in [5.41, 5.74) is 2.85. The number of thioether (sulfide) groups is 1. The van der Waals surface area contributed by atoms with Gasteiger partial charge in [0.2, 0.25) is 0 Å². The number of amides is 1. The molecule has 0 aliphatic carbocycles. The summed E-state index contributed by atoms with van der Waals surface area (Å²) < 4.78 is 0. The molecule has 0 aromatic heterocycles. The van der Waals surface area contributed by atoms with Crippen molar-refractivity contribution in [2.24, 2.45) is 5.10 Å². The summed E-state index contributed by atoms with van der Waals surface area (Å²) in [5, 5.41) is 17.6. The molecule has 3 N–H and O–H groups in total. The van der Waals surface area contributed by atoms with Gasteiger partial charge < -0.3 is 10.4 Å². The van der Waals surface area contributed by atoms with Crippen molar-refractivity contribution in [2.75, 3.05) is 11.1 Å². The van der Waals surface area contributed by atoms with Crippen molar-refractivity contribution in [3.05, 3.63) is 66.2 Å². The summed E-state index contributed by atoms with van der Waals surface area (Å²) in [6, 6.07) is 18.4. The number of hydrazone groups is 1. The smallest absolute Gasteiger partial charge is 0.282 e. The van der Waals surface area contributed by atoms with E-state index >= 15 is 0 Å². The second-order valence-corrected chi connectivity index (χ2v) is 5.83. The van der Waals surface area contributed by atoms with E-state index in [0.29, 0.717) is 22.0 Å². The number of nitrogens with one attached hydrogen (secondary N) is 2. The van der Waals surface area contributed by atoms with Crippen LogP contribution in [-0.4, -0.2) is 21.8 Å². The van der Waals surface area contributed by atoms with Gasteiger partial charge in [-0.15, -0.1) is 0 Å². The van der Waals surface area contributed by atoms with Gasteiger partial charge in [0.1, 0.15) is 0 Å². The minimum atomic E-state index is -1.26. The maximum Gasteiger partial charge on any atom is 0.282 e. The molecular formula is C16H15N3O2S. The fraction of sp³-hybridized carbons (Fsp3) is 0.125. The number of hydrogen-bond donors (Lipinski definition) is 3. The first kappa shape index (κ1) is 14.6. The summed E-state index contributed by atoms with van der Waals surface area (Å²) in [6.45, 7) is 0. The van der Waals surface area contributed by atoms with Crippen LogP contribution in [0.15, 0.2) is 65.8 Å². The highest BCUT2D eigenvalue weighted by molar-refractivity contribution is 8.15. The molecule has 2 aromatic carbocycles. The molecule has 22 heavy (non-hydrogen) atoms. The Kier molecular flexibility index (Phi) is 4.13. The van der Waals surface area contributed by atoms with E-state index in [-0.39, 0.29) is 5.91 Å². The quantitative estimate of drug-likeness (QED) is 0.811. The van der Waals surface area contributed by atoms with Crippen LogP contribution in [0.2, 0.25) is 0 Å². The Morgan fingerprint density at radius 3 is 2.36 bits per heavy atom. The van der Waals surface area contributed by atoms with Gasteiger partial charge in [0.05, 0.1) is 5.75 Å². The highest BCUT2D eigenvalue weighted by atomic mass is 32.2. The Bertz CT molecular complexity index is 691. The van der Waals surface area contributed by atoms with E-state index in [0.717, 1.165) is 0 Å². The van der Waals surface area contributed by atoms with E-state index < -0.39 is 5.72 Å². The number of benzene rings is 2. The van der Waals surface area contributed by atoms with E-state index in [9.17, 15) is 9.90 Å². The van der Waals surface area contributed by atoms with Crippen molar-refractivity contribution in [3.8, 4) is 0 Å². The van der Waals surface area contributed by atoms with Crippen LogP contribution in [0.4, 0.5) is 5.69 Å². The number of carbonyl (C=O) groups is 1. The van der Waals surface area contributed by atoms with Crippen LogP contribution in [0.25, 0.3) is 0 Å². The fourth-order valence-corrected chi connectivity index (χ4v) is 2.93. The lowest BCUT2D eigenvalue weighted by atomic mass is 10.1. The number of nitrogens with zero attached hydrogens (tertiary/aromatic N) is 1. The Morgan fingerprint density at radius 2 is 1.77 bits per heavy atom. The first-order valence-corrected chi connectivity index (χ1v) is 7.78. The monoisotopic (exact) mass is 313 g/mol. The largest absolute Gasteiger partial charge is 0.365 e. The van der Waals surface area contributed by atoms with Gasteiger partial charge >= 0.3 is 0 Å². The number of aliphatic hydroxyl groups is 1. The molecule has 0 bridgehead atoms. The number of anilines is 1. The molecule has 1 amide bonds. The molecule has 0 spiro atoms. The molecule has 1 atom stereocenters. The molecule has 1 heterocycles. The van der Waals surface area contributed by atoms with E-state index in [1.165, 1.54) is 11.8 Å². The third-order valence-electron chi connectivity index (χ3n) is 3.24. The lowest BCUT2D eigenvalue weighted by Gasteiger charge is -2.31. The first-order chi connectivity index (χ1) is 10.7. The average molecular weight is 313 g/mol. The lowest BCUT2D eigenvalue weighted by molar-refractivity contribution is -0.110. The summed E-state index contributed by atoms with van der Waals surface area (Å²) in [5.74, 6) is 0.0109. The van der Waals surface area contributed by atoms with Gasteiger partial charge in [0, 0.05) is 11.3 Å². The number of carbonyl (C=O) groups excluding carboxylic acids is 1. The van der Waals surface area contributed by atoms with E-state index in [1.54, 1.807) is 12.1 Å². The molecule has 3 rings (SSSR count). The van der Waals surface area contributed by atoms with Crippen LogP contribution in [0.5, 0.6) is 0 Å². The number of rotatable bonds is 3. The van der Waals surface area contributed by atoms with Crippen LogP contribution >= 0.6 is 11.8 Å². The van der Waals surface area contributed by atoms with Crippen molar-refractivity contribution < 1.29 is 9.90 Å². The second-order valence-electron chi connectivity index (χ2n) is 4.86. The van der Waals surface area contributed by atoms with Crippen LogP contribution in [0, 0.1) is 0 Å². The molecule has 0 radical (unpaired) electrons. The number of para-hydroxylation sites is 1. The second kappa shape index (κ2) is 6.21. The molecule has 1 unspecified atom stereocenters. The van der Waals surface area contributed by atoms with Gasteiger partial charge in [-0.1, -0.05) is 60.3 Å². The molecule has 2 aromatic rings. The summed E-state index contributed by atoms with van der Waals surface area (Å²) >= 11 is 1.22. The molecule has 6 heteroatoms. The zero-order valence-corrected chi connectivity index (χ0v) is 12.5. The Labute approximate surface area is 132 Å². The van der Waals surface area contributed by atoms with Crippen molar-refractivity contribution in [1.29, 1.82) is 0 Å². The third kappa shape index (κ3) is 3.13. The molecule has 0 fully saturated rings. The summed E-state index contributed by atoms with van der Waals surface area (Å²) in [6.07, 6.45) is 0. The zero-order valence-electron chi connectivity index (χ0n) is 11.7. The molecule has 0 saturated heterocycles. The molecule has 0 saturated carbocycles. The van der Waals surface area contributed by atoms with Crippen molar-refractivity contribution >= 4 is 28.4 Å². The predicted molar refractivity (Wildman–Crippen MR) is 88.4 cm³/mol. The van der Waals surface area contributed by atoms with Crippen LogP contribution < -0.4 is 10.7 Å². The number of hydrogen-bond acceptors (Lipinski definition) is 5. The molecule has 112 valence electrons. The van der Waals surface area contributed by atoms with Crippen molar-refractivity contribution in [1.82, 2.24) is 5.43 Å². The first-order valence-electron chi connectivity index (χ1n) is 6.79. The van der Waals surface area contributed by atoms with Crippen LogP contribution in [0.3, 0.4) is 0 Å². The van der Waals surface area contributed by atoms with E-state index in [1.807, 2.05) is 48.5 Å². The summed E-state index contributed by atoms with van der Waals surface area (Å²) in [4.78, 5) is 12.1.